The van der Waals surface area contributed by atoms with E-state index < -0.39 is 0 Å². The number of rotatable bonds is 5. The van der Waals surface area contributed by atoms with Crippen LogP contribution in [0.5, 0.6) is 0 Å². The summed E-state index contributed by atoms with van der Waals surface area (Å²) >= 11 is 0. The van der Waals surface area contributed by atoms with Gasteiger partial charge in [0.05, 0.1) is 41.9 Å². The monoisotopic (exact) mass is 511 g/mol. The van der Waals surface area contributed by atoms with Crippen molar-refractivity contribution in [1.82, 2.24) is 34.6 Å². The quantitative estimate of drug-likeness (QED) is 0.428. The van der Waals surface area contributed by atoms with Crippen molar-refractivity contribution in [2.45, 2.75) is 45.3 Å². The van der Waals surface area contributed by atoms with Crippen LogP contribution in [-0.4, -0.2) is 79.5 Å². The average Bonchev–Trinajstić information content (AvgIpc) is 3.59. The number of aromatic nitrogens is 6. The summed E-state index contributed by atoms with van der Waals surface area (Å²) in [7, 11) is 0. The highest BCUT2D eigenvalue weighted by Crippen LogP contribution is 2.32. The molecule has 2 saturated heterocycles. The van der Waals surface area contributed by atoms with E-state index in [9.17, 15) is 5.26 Å². The lowest BCUT2D eigenvalue weighted by atomic mass is 10.1. The van der Waals surface area contributed by atoms with Crippen LogP contribution >= 0.6 is 0 Å². The Labute approximate surface area is 222 Å². The minimum absolute atomic E-state index is 0.285. The normalized spacial score (nSPS) is 18.6. The molecule has 2 aliphatic heterocycles. The van der Waals surface area contributed by atoms with Crippen molar-refractivity contribution in [3.63, 3.8) is 0 Å². The second kappa shape index (κ2) is 9.82. The summed E-state index contributed by atoms with van der Waals surface area (Å²) in [6.45, 7) is 11.6. The zero-order valence-corrected chi connectivity index (χ0v) is 22.2. The molecule has 0 aliphatic carbocycles. The number of hydrogen-bond donors (Lipinski definition) is 1. The molecule has 0 amide bonds. The summed E-state index contributed by atoms with van der Waals surface area (Å²) in [6, 6.07) is 4.60. The summed E-state index contributed by atoms with van der Waals surface area (Å²) in [5.74, 6) is 0.682. The number of nitrogens with zero attached hydrogens (tertiary/aromatic N) is 8. The highest BCUT2D eigenvalue weighted by atomic mass is 16.5. The Balaban J connectivity index is 1.28. The van der Waals surface area contributed by atoms with Crippen molar-refractivity contribution in [2.24, 2.45) is 0 Å². The Morgan fingerprint density at radius 1 is 1.13 bits per heavy atom. The van der Waals surface area contributed by atoms with Gasteiger partial charge in [-0.1, -0.05) is 6.92 Å². The van der Waals surface area contributed by atoms with E-state index in [0.29, 0.717) is 48.5 Å². The van der Waals surface area contributed by atoms with Gasteiger partial charge in [0.1, 0.15) is 17.4 Å². The zero-order chi connectivity index (χ0) is 26.3. The van der Waals surface area contributed by atoms with Crippen LogP contribution in [0.3, 0.4) is 0 Å². The Kier molecular flexibility index (Phi) is 6.33. The first kappa shape index (κ1) is 24.5. The molecule has 4 aromatic heterocycles. The Bertz CT molecular complexity index is 1490. The number of aromatic amines is 1. The number of morpholine rings is 1. The SMILES string of the molecule is CCN1CCC(n2cc(-c3c[nH]c4ncc(-c5cnc(N6CCOC(C)(C)C6)c(C#N)c5)nc34)cn2)CC1. The van der Waals surface area contributed by atoms with Crippen LogP contribution in [0.2, 0.25) is 0 Å². The fourth-order valence-electron chi connectivity index (χ4n) is 5.56. The molecule has 2 aliphatic rings. The number of anilines is 1. The van der Waals surface area contributed by atoms with Crippen molar-refractivity contribution in [3.05, 3.63) is 42.6 Å². The van der Waals surface area contributed by atoms with Gasteiger partial charge in [-0.15, -0.1) is 0 Å². The number of H-pyrrole nitrogens is 1. The van der Waals surface area contributed by atoms with E-state index in [2.05, 4.69) is 62.5 Å². The summed E-state index contributed by atoms with van der Waals surface area (Å²) in [5.41, 5.74) is 5.15. The molecule has 0 bridgehead atoms. The van der Waals surface area contributed by atoms with Crippen LogP contribution in [0.1, 0.15) is 45.2 Å². The topological polar surface area (TPSA) is 112 Å². The van der Waals surface area contributed by atoms with Crippen molar-refractivity contribution >= 4 is 17.0 Å². The number of pyridine rings is 1. The number of nitriles is 1. The molecule has 0 unspecified atom stereocenters. The molecule has 0 spiro atoms. The average molecular weight is 512 g/mol. The van der Waals surface area contributed by atoms with Crippen LogP contribution in [0.4, 0.5) is 5.82 Å². The van der Waals surface area contributed by atoms with Gasteiger partial charge in [-0.2, -0.15) is 10.4 Å². The van der Waals surface area contributed by atoms with E-state index >= 15 is 0 Å². The standard InChI is InChI=1S/C28H33N9O/c1-4-35-7-5-22(6-8-35)37-17-21(14-33-37)23-15-30-26-25(23)34-24(16-31-26)20-11-19(12-29)27(32-13-20)36-9-10-38-28(2,3)18-36/h11,13-17,22H,4-10,18H2,1-3H3,(H,30,31). The highest BCUT2D eigenvalue weighted by Gasteiger charge is 2.29. The fraction of sp³-hybridized carbons (Fsp3) is 0.464. The van der Waals surface area contributed by atoms with E-state index in [4.69, 9.17) is 14.8 Å². The van der Waals surface area contributed by atoms with Crippen LogP contribution in [0.15, 0.2) is 37.1 Å². The first-order valence-corrected chi connectivity index (χ1v) is 13.3. The van der Waals surface area contributed by atoms with Crippen molar-refractivity contribution in [3.8, 4) is 28.5 Å². The van der Waals surface area contributed by atoms with Gasteiger partial charge in [0.2, 0.25) is 0 Å². The van der Waals surface area contributed by atoms with Gasteiger partial charge < -0.3 is 19.5 Å². The van der Waals surface area contributed by atoms with Gasteiger partial charge >= 0.3 is 0 Å². The molecule has 10 nitrogen and oxygen atoms in total. The van der Waals surface area contributed by atoms with Gasteiger partial charge in [0.25, 0.3) is 0 Å². The number of nitrogens with one attached hydrogen (secondary N) is 1. The molecule has 196 valence electrons. The van der Waals surface area contributed by atoms with Crippen molar-refractivity contribution < 1.29 is 4.74 Å². The summed E-state index contributed by atoms with van der Waals surface area (Å²) in [4.78, 5) is 22.1. The summed E-state index contributed by atoms with van der Waals surface area (Å²) < 4.78 is 7.93. The third-order valence-corrected chi connectivity index (χ3v) is 7.68. The van der Waals surface area contributed by atoms with Crippen molar-refractivity contribution in [2.75, 3.05) is 44.2 Å². The number of hydrogen-bond acceptors (Lipinski definition) is 8. The smallest absolute Gasteiger partial charge is 0.156 e. The van der Waals surface area contributed by atoms with E-state index in [1.54, 1.807) is 12.4 Å². The zero-order valence-electron chi connectivity index (χ0n) is 22.2. The van der Waals surface area contributed by atoms with Crippen LogP contribution in [0.25, 0.3) is 33.5 Å². The number of likely N-dealkylation sites (tertiary alicyclic amines) is 1. The lowest BCUT2D eigenvalue weighted by Gasteiger charge is -2.39. The van der Waals surface area contributed by atoms with E-state index in [-0.39, 0.29) is 5.60 Å². The van der Waals surface area contributed by atoms with Gasteiger partial charge in [-0.05, 0) is 39.3 Å². The maximum atomic E-state index is 9.92. The Morgan fingerprint density at radius 3 is 2.74 bits per heavy atom. The number of ether oxygens (including phenoxy) is 1. The van der Waals surface area contributed by atoms with E-state index in [1.807, 2.05) is 18.5 Å². The van der Waals surface area contributed by atoms with Gasteiger partial charge in [-0.25, -0.2) is 15.0 Å². The molecule has 0 saturated carbocycles. The number of piperidine rings is 1. The van der Waals surface area contributed by atoms with Crippen LogP contribution in [0, 0.1) is 11.3 Å². The molecule has 0 atom stereocenters. The molecule has 6 heterocycles. The minimum Gasteiger partial charge on any atom is -0.372 e. The number of fused-ring (bicyclic) bond motifs is 1. The third kappa shape index (κ3) is 4.64. The molecule has 4 aromatic rings. The molecule has 38 heavy (non-hydrogen) atoms. The predicted molar refractivity (Wildman–Crippen MR) is 146 cm³/mol. The second-order valence-electron chi connectivity index (χ2n) is 10.8. The molecular weight excluding hydrogens is 478 g/mol. The van der Waals surface area contributed by atoms with Gasteiger partial charge in [0.15, 0.2) is 5.65 Å². The lowest BCUT2D eigenvalue weighted by Crippen LogP contribution is -2.48. The molecule has 6 rings (SSSR count). The molecule has 1 N–H and O–H groups in total. The maximum absolute atomic E-state index is 9.92. The highest BCUT2D eigenvalue weighted by molar-refractivity contribution is 5.91. The van der Waals surface area contributed by atoms with Crippen LogP contribution in [-0.2, 0) is 4.74 Å². The largest absolute Gasteiger partial charge is 0.372 e. The molecule has 2 fully saturated rings. The molecule has 10 heteroatoms. The summed E-state index contributed by atoms with van der Waals surface area (Å²) in [6.07, 6.45) is 11.7. The summed E-state index contributed by atoms with van der Waals surface area (Å²) in [5, 5.41) is 14.6. The van der Waals surface area contributed by atoms with E-state index in [0.717, 1.165) is 54.7 Å². The third-order valence-electron chi connectivity index (χ3n) is 7.68. The molecular formula is C28H33N9O. The minimum atomic E-state index is -0.285. The first-order chi connectivity index (χ1) is 18.4. The van der Waals surface area contributed by atoms with Crippen LogP contribution < -0.4 is 4.90 Å². The molecule has 0 radical (unpaired) electrons. The molecule has 0 aromatic carbocycles. The predicted octanol–water partition coefficient (Wildman–Crippen LogP) is 4.03. The lowest BCUT2D eigenvalue weighted by molar-refractivity contribution is -0.0279. The van der Waals surface area contributed by atoms with Gasteiger partial charge in [-0.3, -0.25) is 4.68 Å². The Morgan fingerprint density at radius 2 is 1.97 bits per heavy atom. The second-order valence-corrected chi connectivity index (χ2v) is 10.8. The van der Waals surface area contributed by atoms with Gasteiger partial charge in [0, 0.05) is 61.5 Å². The maximum Gasteiger partial charge on any atom is 0.156 e. The Hall–Kier alpha value is -3.81. The van der Waals surface area contributed by atoms with E-state index in [1.165, 1.54) is 0 Å². The first-order valence-electron chi connectivity index (χ1n) is 13.3. The van der Waals surface area contributed by atoms with Crippen molar-refractivity contribution in [1.29, 1.82) is 5.26 Å². The fourth-order valence-corrected chi connectivity index (χ4v) is 5.56.